The highest BCUT2D eigenvalue weighted by molar-refractivity contribution is 7.12. The van der Waals surface area contributed by atoms with E-state index in [4.69, 9.17) is 4.74 Å². The van der Waals surface area contributed by atoms with E-state index < -0.39 is 0 Å². The first kappa shape index (κ1) is 15.2. The Kier molecular flexibility index (Phi) is 4.91. The van der Waals surface area contributed by atoms with Crippen LogP contribution in [0.4, 0.5) is 0 Å². The molecule has 1 atom stereocenters. The van der Waals surface area contributed by atoms with Crippen molar-refractivity contribution in [3.8, 4) is 0 Å². The molecule has 0 unspecified atom stereocenters. The van der Waals surface area contributed by atoms with Gasteiger partial charge in [-0.05, 0) is 32.4 Å². The van der Waals surface area contributed by atoms with Crippen LogP contribution < -0.4 is 5.32 Å². The van der Waals surface area contributed by atoms with Gasteiger partial charge in [0.2, 0.25) is 0 Å². The van der Waals surface area contributed by atoms with E-state index >= 15 is 0 Å². The highest BCUT2D eigenvalue weighted by Crippen LogP contribution is 2.26. The van der Waals surface area contributed by atoms with Crippen LogP contribution >= 0.6 is 22.7 Å². The molecular weight excluding hydrogens is 292 g/mol. The number of ether oxygens (including phenoxy) is 1. The molecule has 0 radical (unpaired) electrons. The van der Waals surface area contributed by atoms with Gasteiger partial charge in [0, 0.05) is 22.2 Å². The Hall–Kier alpha value is -1.24. The Balaban J connectivity index is 2.05. The molecule has 0 aliphatic carbocycles. The second-order valence-electron chi connectivity index (χ2n) is 4.62. The van der Waals surface area contributed by atoms with Crippen LogP contribution in [0.2, 0.25) is 0 Å². The maximum absolute atomic E-state index is 12.2. The first-order valence-corrected chi connectivity index (χ1v) is 8.02. The molecule has 108 valence electrons. The predicted octanol–water partition coefficient (Wildman–Crippen LogP) is 3.46. The minimum absolute atomic E-state index is 0.0139. The van der Waals surface area contributed by atoms with Crippen LogP contribution in [0.5, 0.6) is 0 Å². The monoisotopic (exact) mass is 310 g/mol. The summed E-state index contributed by atoms with van der Waals surface area (Å²) < 4.78 is 5.01. The Bertz CT molecular complexity index is 604. The number of thiazole rings is 1. The lowest BCUT2D eigenvalue weighted by molar-refractivity contribution is 0.0935. The van der Waals surface area contributed by atoms with Gasteiger partial charge in [0.15, 0.2) is 0 Å². The van der Waals surface area contributed by atoms with Gasteiger partial charge < -0.3 is 10.1 Å². The number of carbonyl (C=O) groups is 1. The second-order valence-corrected chi connectivity index (χ2v) is 7.03. The predicted molar refractivity (Wildman–Crippen MR) is 82.5 cm³/mol. The molecular formula is C14H18N2O2S2. The van der Waals surface area contributed by atoms with Gasteiger partial charge in [-0.15, -0.1) is 22.7 Å². The lowest BCUT2D eigenvalue weighted by Crippen LogP contribution is -2.27. The van der Waals surface area contributed by atoms with Crippen molar-refractivity contribution in [2.24, 2.45) is 0 Å². The zero-order valence-corrected chi connectivity index (χ0v) is 13.7. The number of carbonyl (C=O) groups excluding carboxylic acids is 1. The second kappa shape index (κ2) is 6.47. The van der Waals surface area contributed by atoms with Crippen molar-refractivity contribution < 1.29 is 9.53 Å². The number of nitrogens with zero attached hydrogens (tertiary/aromatic N) is 1. The summed E-state index contributed by atoms with van der Waals surface area (Å²) in [6.45, 7) is 6.59. The van der Waals surface area contributed by atoms with Crippen LogP contribution in [0.15, 0.2) is 11.4 Å². The standard InChI is InChI=1S/C14H18N2O2S2/c1-8-5-11(10(3)20-8)9(2)15-14(17)12-7-19-13(16-12)6-18-4/h5,7,9H,6H2,1-4H3,(H,15,17)/t9-/m0/s1. The molecule has 0 aliphatic heterocycles. The fourth-order valence-electron chi connectivity index (χ4n) is 2.03. The number of hydrogen-bond donors (Lipinski definition) is 1. The lowest BCUT2D eigenvalue weighted by atomic mass is 10.1. The molecule has 2 aromatic rings. The van der Waals surface area contributed by atoms with Crippen molar-refractivity contribution in [1.82, 2.24) is 10.3 Å². The van der Waals surface area contributed by atoms with Crippen molar-refractivity contribution >= 4 is 28.6 Å². The molecule has 1 amide bonds. The minimum atomic E-state index is -0.139. The van der Waals surface area contributed by atoms with Gasteiger partial charge in [0.05, 0.1) is 12.6 Å². The third kappa shape index (κ3) is 3.45. The van der Waals surface area contributed by atoms with E-state index in [1.54, 1.807) is 23.8 Å². The minimum Gasteiger partial charge on any atom is -0.378 e. The van der Waals surface area contributed by atoms with Crippen molar-refractivity contribution in [2.75, 3.05) is 7.11 Å². The summed E-state index contributed by atoms with van der Waals surface area (Å²) in [6.07, 6.45) is 0. The summed E-state index contributed by atoms with van der Waals surface area (Å²) in [6, 6.07) is 2.11. The highest BCUT2D eigenvalue weighted by Gasteiger charge is 2.17. The highest BCUT2D eigenvalue weighted by atomic mass is 32.1. The molecule has 0 saturated carbocycles. The number of aromatic nitrogens is 1. The van der Waals surface area contributed by atoms with Crippen LogP contribution in [0.1, 0.15) is 43.8 Å². The largest absolute Gasteiger partial charge is 0.378 e. The van der Waals surface area contributed by atoms with Gasteiger partial charge in [-0.3, -0.25) is 4.79 Å². The van der Waals surface area contributed by atoms with Gasteiger partial charge in [0.1, 0.15) is 10.7 Å². The van der Waals surface area contributed by atoms with E-state index in [0.29, 0.717) is 12.3 Å². The summed E-state index contributed by atoms with van der Waals surface area (Å²) in [4.78, 5) is 18.9. The summed E-state index contributed by atoms with van der Waals surface area (Å²) in [5, 5.41) is 5.57. The molecule has 20 heavy (non-hydrogen) atoms. The third-order valence-corrected chi connectivity index (χ3v) is 4.75. The van der Waals surface area contributed by atoms with E-state index in [-0.39, 0.29) is 11.9 Å². The van der Waals surface area contributed by atoms with Gasteiger partial charge in [0.25, 0.3) is 5.91 Å². The lowest BCUT2D eigenvalue weighted by Gasteiger charge is -2.12. The van der Waals surface area contributed by atoms with Crippen LogP contribution in [-0.4, -0.2) is 18.0 Å². The van der Waals surface area contributed by atoms with Gasteiger partial charge in [-0.2, -0.15) is 0 Å². The number of thiophene rings is 1. The van der Waals surface area contributed by atoms with Crippen LogP contribution in [-0.2, 0) is 11.3 Å². The van der Waals surface area contributed by atoms with E-state index in [9.17, 15) is 4.79 Å². The van der Waals surface area contributed by atoms with Gasteiger partial charge in [-0.1, -0.05) is 0 Å². The van der Waals surface area contributed by atoms with Crippen molar-refractivity contribution in [1.29, 1.82) is 0 Å². The zero-order chi connectivity index (χ0) is 14.7. The Morgan fingerprint density at radius 3 is 2.85 bits per heavy atom. The van der Waals surface area contributed by atoms with E-state index in [2.05, 4.69) is 30.2 Å². The smallest absolute Gasteiger partial charge is 0.271 e. The molecule has 4 nitrogen and oxygen atoms in total. The molecule has 0 spiro atoms. The third-order valence-electron chi connectivity index (χ3n) is 2.95. The number of amides is 1. The van der Waals surface area contributed by atoms with Gasteiger partial charge >= 0.3 is 0 Å². The summed E-state index contributed by atoms with van der Waals surface area (Å²) in [5.41, 5.74) is 1.63. The maximum atomic E-state index is 12.2. The molecule has 6 heteroatoms. The zero-order valence-electron chi connectivity index (χ0n) is 12.0. The van der Waals surface area contributed by atoms with E-state index in [1.165, 1.54) is 26.7 Å². The fourth-order valence-corrected chi connectivity index (χ4v) is 3.80. The Morgan fingerprint density at radius 2 is 2.25 bits per heavy atom. The normalized spacial score (nSPS) is 12.4. The fraction of sp³-hybridized carbons (Fsp3) is 0.429. The number of aryl methyl sites for hydroxylation is 2. The first-order chi connectivity index (χ1) is 9.51. The number of nitrogens with one attached hydrogen (secondary N) is 1. The van der Waals surface area contributed by atoms with E-state index in [1.807, 2.05) is 6.92 Å². The molecule has 2 heterocycles. The van der Waals surface area contributed by atoms with Crippen LogP contribution in [0.3, 0.4) is 0 Å². The summed E-state index contributed by atoms with van der Waals surface area (Å²) >= 11 is 3.19. The molecule has 0 bridgehead atoms. The molecule has 0 fully saturated rings. The number of methoxy groups -OCH3 is 1. The van der Waals surface area contributed by atoms with E-state index in [0.717, 1.165) is 5.01 Å². The van der Waals surface area contributed by atoms with Crippen molar-refractivity contribution in [2.45, 2.75) is 33.4 Å². The Morgan fingerprint density at radius 1 is 1.50 bits per heavy atom. The molecule has 2 aromatic heterocycles. The van der Waals surface area contributed by atoms with Crippen LogP contribution in [0, 0.1) is 13.8 Å². The van der Waals surface area contributed by atoms with Crippen LogP contribution in [0.25, 0.3) is 0 Å². The van der Waals surface area contributed by atoms with Crippen molar-refractivity contribution in [3.05, 3.63) is 37.5 Å². The molecule has 1 N–H and O–H groups in total. The molecule has 0 aliphatic rings. The quantitative estimate of drug-likeness (QED) is 0.920. The average molecular weight is 310 g/mol. The molecule has 0 aromatic carbocycles. The number of rotatable bonds is 5. The van der Waals surface area contributed by atoms with Crippen molar-refractivity contribution in [3.63, 3.8) is 0 Å². The molecule has 2 rings (SSSR count). The number of hydrogen-bond acceptors (Lipinski definition) is 5. The Labute approximate surface area is 126 Å². The average Bonchev–Trinajstić information content (AvgIpc) is 2.96. The SMILES string of the molecule is COCc1nc(C(=O)N[C@@H](C)c2cc(C)sc2C)cs1. The first-order valence-electron chi connectivity index (χ1n) is 6.32. The molecule has 0 saturated heterocycles. The maximum Gasteiger partial charge on any atom is 0.271 e. The summed E-state index contributed by atoms with van der Waals surface area (Å²) in [7, 11) is 1.62. The van der Waals surface area contributed by atoms with Gasteiger partial charge in [-0.25, -0.2) is 4.98 Å². The topological polar surface area (TPSA) is 51.2 Å². The summed E-state index contributed by atoms with van der Waals surface area (Å²) in [5.74, 6) is -0.139.